The number of esters is 2. The topological polar surface area (TPSA) is 273 Å². The van der Waals surface area contributed by atoms with Crippen LogP contribution in [-0.2, 0) is 68.4 Å². The lowest BCUT2D eigenvalue weighted by molar-refractivity contribution is -0.155. The first-order valence-electron chi connectivity index (χ1n) is 26.6. The molecule has 6 N–H and O–H groups in total. The van der Waals surface area contributed by atoms with E-state index in [0.29, 0.717) is 64.6 Å². The highest BCUT2D eigenvalue weighted by atomic mass is 16.6. The normalized spacial score (nSPS) is 24.9. The minimum Gasteiger partial charge on any atom is -0.456 e. The van der Waals surface area contributed by atoms with Crippen molar-refractivity contribution in [2.45, 2.75) is 150 Å². The number of ether oxygens (including phenoxy) is 6. The molecule has 0 radical (unpaired) electrons. The SMILES string of the molecule is C/C=C(\C)[C@H]1OC(=O)[C@H](C)NC(=O)[C@H](C(C)CC)NC(=O)CN(C)C(=O)[C@@H](Cc2ccccc2)N(C)C(=O)[C@H](C)NC(=O)[C@@H](CC(C)C)OC(=O)/C(C)=C/C[C@H](OC(=O)NCCCOCCOCCOCCCN)[C@@H]1C. The van der Waals surface area contributed by atoms with Crippen LogP contribution in [0.5, 0.6) is 0 Å². The van der Waals surface area contributed by atoms with E-state index in [4.69, 9.17) is 34.2 Å². The van der Waals surface area contributed by atoms with Crippen LogP contribution in [0.15, 0.2) is 53.6 Å². The molecule has 1 aliphatic rings. The van der Waals surface area contributed by atoms with Crippen LogP contribution in [0.1, 0.15) is 107 Å². The molecule has 0 spiro atoms. The second-order valence-electron chi connectivity index (χ2n) is 19.8. The molecule has 9 atom stereocenters. The summed E-state index contributed by atoms with van der Waals surface area (Å²) in [4.78, 5) is 114. The molecule has 1 heterocycles. The van der Waals surface area contributed by atoms with Crippen molar-refractivity contribution in [3.63, 3.8) is 0 Å². The number of nitrogens with zero attached hydrogens (tertiary/aromatic N) is 2. The molecule has 76 heavy (non-hydrogen) atoms. The van der Waals surface area contributed by atoms with Crippen molar-refractivity contribution in [2.24, 2.45) is 23.5 Å². The molecule has 428 valence electrons. The molecule has 0 fully saturated rings. The van der Waals surface area contributed by atoms with Crippen molar-refractivity contribution < 1.29 is 66.8 Å². The van der Waals surface area contributed by atoms with Gasteiger partial charge in [0, 0.05) is 58.2 Å². The smallest absolute Gasteiger partial charge is 0.407 e. The largest absolute Gasteiger partial charge is 0.456 e. The predicted octanol–water partition coefficient (Wildman–Crippen LogP) is 3.76. The maximum Gasteiger partial charge on any atom is 0.407 e. The molecule has 21 nitrogen and oxygen atoms in total. The van der Waals surface area contributed by atoms with Crippen molar-refractivity contribution in [1.82, 2.24) is 31.1 Å². The quantitative estimate of drug-likeness (QED) is 0.0508. The number of likely N-dealkylation sites (N-methyl/N-ethyl adjacent to an activating group) is 2. The van der Waals surface area contributed by atoms with Crippen molar-refractivity contribution in [2.75, 3.05) is 73.4 Å². The number of carbonyl (C=O) groups is 8. The van der Waals surface area contributed by atoms with E-state index >= 15 is 0 Å². The average Bonchev–Trinajstić information content (AvgIpc) is 3.39. The standard InChI is InChI=1S/C55H89N7O14/c1-13-36(5)47-50(65)59-41(10)54(69)76-48(37(6)14-2)39(8)44(75-55(70)57-25-19-27-72-29-31-73-30-28-71-26-18-24-56)23-22-38(7)53(68)74-45(32-35(3)4)49(64)58-40(9)51(66)62(12)43(33-42-20-16-15-17-21-42)52(67)61(11)34-46(63)60-47/h14-17,20-22,35-36,39-41,43-45,47-48H,13,18-19,23-34,56H2,1-12H3,(H,57,70)(H,58,64)(H,59,65)(H,60,63)/b37-14+,38-22+/t36?,39-,40-,41-,43+,44-,45+,47-,48+/m0/s1. The Morgan fingerprint density at radius 1 is 0.842 bits per heavy atom. The van der Waals surface area contributed by atoms with E-state index < -0.39 is 108 Å². The van der Waals surface area contributed by atoms with E-state index in [1.165, 1.54) is 45.8 Å². The molecule has 2 rings (SSSR count). The lowest BCUT2D eigenvalue weighted by Gasteiger charge is -2.33. The molecule has 0 saturated carbocycles. The monoisotopic (exact) mass is 1070 g/mol. The molecule has 1 aromatic carbocycles. The van der Waals surface area contributed by atoms with Crippen LogP contribution in [0.4, 0.5) is 4.79 Å². The van der Waals surface area contributed by atoms with Gasteiger partial charge in [0.15, 0.2) is 6.10 Å². The summed E-state index contributed by atoms with van der Waals surface area (Å²) >= 11 is 0. The van der Waals surface area contributed by atoms with Gasteiger partial charge in [-0.05, 0) is 83.4 Å². The molecule has 0 bridgehead atoms. The van der Waals surface area contributed by atoms with Crippen LogP contribution in [0.25, 0.3) is 0 Å². The number of hydrogen-bond acceptors (Lipinski definition) is 15. The molecular weight excluding hydrogens is 983 g/mol. The lowest BCUT2D eigenvalue weighted by Crippen LogP contribution is -2.57. The van der Waals surface area contributed by atoms with Crippen LogP contribution in [-0.4, -0.2) is 173 Å². The first-order valence-corrected chi connectivity index (χ1v) is 26.6. The molecule has 1 unspecified atom stereocenters. The molecule has 6 amide bonds. The highest BCUT2D eigenvalue weighted by Crippen LogP contribution is 2.26. The van der Waals surface area contributed by atoms with Gasteiger partial charge in [0.1, 0.15) is 36.4 Å². The Morgan fingerprint density at radius 2 is 1.45 bits per heavy atom. The van der Waals surface area contributed by atoms with Gasteiger partial charge in [-0.3, -0.25) is 24.0 Å². The van der Waals surface area contributed by atoms with Gasteiger partial charge in [-0.1, -0.05) is 83.5 Å². The average molecular weight is 1070 g/mol. The Morgan fingerprint density at radius 3 is 2.04 bits per heavy atom. The summed E-state index contributed by atoms with van der Waals surface area (Å²) in [6, 6.07) is 4.29. The third-order valence-corrected chi connectivity index (χ3v) is 13.0. The summed E-state index contributed by atoms with van der Waals surface area (Å²) in [6.07, 6.45) is 0.886. The van der Waals surface area contributed by atoms with Crippen LogP contribution in [0, 0.1) is 17.8 Å². The zero-order valence-corrected chi connectivity index (χ0v) is 47.1. The summed E-state index contributed by atoms with van der Waals surface area (Å²) in [6.45, 7) is 19.7. The fourth-order valence-corrected chi connectivity index (χ4v) is 7.96. The van der Waals surface area contributed by atoms with E-state index in [0.717, 1.165) is 16.9 Å². The number of benzene rings is 1. The third-order valence-electron chi connectivity index (χ3n) is 13.0. The Labute approximate surface area is 450 Å². The molecule has 0 aromatic heterocycles. The number of allylic oxidation sites excluding steroid dienone is 1. The summed E-state index contributed by atoms with van der Waals surface area (Å²) in [7, 11) is 2.83. The Balaban J connectivity index is 2.54. The molecule has 1 aromatic rings. The lowest BCUT2D eigenvalue weighted by atomic mass is 9.90. The van der Waals surface area contributed by atoms with E-state index in [-0.39, 0.29) is 37.3 Å². The second kappa shape index (κ2) is 35.4. The highest BCUT2D eigenvalue weighted by molar-refractivity contribution is 5.96. The summed E-state index contributed by atoms with van der Waals surface area (Å²) in [5.74, 6) is -6.26. The van der Waals surface area contributed by atoms with Gasteiger partial charge >= 0.3 is 18.0 Å². The fraction of sp³-hybridized carbons (Fsp3) is 0.673. The zero-order valence-electron chi connectivity index (χ0n) is 47.1. The predicted molar refractivity (Wildman–Crippen MR) is 286 cm³/mol. The minimum atomic E-state index is -1.33. The molecule has 21 heteroatoms. The number of carbonyl (C=O) groups excluding carboxylic acids is 8. The first-order chi connectivity index (χ1) is 36.1. The maximum atomic E-state index is 14.3. The Kier molecular flexibility index (Phi) is 30.9. The molecule has 0 aliphatic carbocycles. The van der Waals surface area contributed by atoms with Crippen molar-refractivity contribution >= 4 is 47.6 Å². The van der Waals surface area contributed by atoms with Gasteiger partial charge in [-0.15, -0.1) is 0 Å². The van der Waals surface area contributed by atoms with Gasteiger partial charge in [0.05, 0.1) is 33.0 Å². The van der Waals surface area contributed by atoms with Crippen molar-refractivity contribution in [3.8, 4) is 0 Å². The van der Waals surface area contributed by atoms with Gasteiger partial charge in [-0.2, -0.15) is 0 Å². The summed E-state index contributed by atoms with van der Waals surface area (Å²) in [5, 5.41) is 10.8. The number of rotatable bonds is 21. The molecular formula is C55H89N7O14. The summed E-state index contributed by atoms with van der Waals surface area (Å²) in [5.41, 5.74) is 6.86. The number of cyclic esters (lactones) is 2. The van der Waals surface area contributed by atoms with E-state index in [9.17, 15) is 38.4 Å². The minimum absolute atomic E-state index is 0.0595. The van der Waals surface area contributed by atoms with Crippen LogP contribution in [0.3, 0.4) is 0 Å². The fourth-order valence-electron chi connectivity index (χ4n) is 7.96. The maximum absolute atomic E-state index is 14.3. The van der Waals surface area contributed by atoms with Gasteiger partial charge in [0.25, 0.3) is 5.91 Å². The van der Waals surface area contributed by atoms with Crippen LogP contribution in [0.2, 0.25) is 0 Å². The number of nitrogens with one attached hydrogen (secondary N) is 4. The molecule has 0 saturated heterocycles. The number of hydrogen-bond donors (Lipinski definition) is 5. The molecule has 1 aliphatic heterocycles. The van der Waals surface area contributed by atoms with Gasteiger partial charge in [0.2, 0.25) is 23.6 Å². The zero-order chi connectivity index (χ0) is 56.9. The Hall–Kier alpha value is -5.90. The number of alkyl carbamates (subject to hydrolysis) is 1. The van der Waals surface area contributed by atoms with Crippen LogP contribution < -0.4 is 27.0 Å². The summed E-state index contributed by atoms with van der Waals surface area (Å²) < 4.78 is 34.4. The van der Waals surface area contributed by atoms with Crippen molar-refractivity contribution in [3.05, 3.63) is 59.2 Å². The third kappa shape index (κ3) is 23.6. The second-order valence-corrected chi connectivity index (χ2v) is 19.8. The number of amides is 6. The van der Waals surface area contributed by atoms with Crippen LogP contribution >= 0.6 is 0 Å². The van der Waals surface area contributed by atoms with E-state index in [1.54, 1.807) is 58.0 Å². The van der Waals surface area contributed by atoms with Crippen molar-refractivity contribution in [1.29, 1.82) is 0 Å². The van der Waals surface area contributed by atoms with E-state index in [1.807, 2.05) is 26.8 Å². The van der Waals surface area contributed by atoms with E-state index in [2.05, 4.69) is 21.3 Å². The van der Waals surface area contributed by atoms with Gasteiger partial charge < -0.3 is 65.2 Å². The Bertz CT molecular complexity index is 2070. The first kappa shape index (κ1) is 66.2. The number of nitrogens with two attached hydrogens (primary N) is 1. The highest BCUT2D eigenvalue weighted by Gasteiger charge is 2.37. The van der Waals surface area contributed by atoms with Gasteiger partial charge in [-0.25, -0.2) is 14.4 Å².